The summed E-state index contributed by atoms with van der Waals surface area (Å²) < 4.78 is 5.43. The molecule has 0 N–H and O–H groups in total. The van der Waals surface area contributed by atoms with Gasteiger partial charge in [-0.3, -0.25) is 9.69 Å². The number of carbonyl (C=O) groups is 1. The van der Waals surface area contributed by atoms with Crippen molar-refractivity contribution in [2.45, 2.75) is 19.8 Å². The van der Waals surface area contributed by atoms with E-state index in [-0.39, 0.29) is 5.91 Å². The second kappa shape index (κ2) is 9.61. The summed E-state index contributed by atoms with van der Waals surface area (Å²) in [5, 5.41) is 0.705. The van der Waals surface area contributed by atoms with Crippen LogP contribution in [0, 0.1) is 6.92 Å². The molecule has 2 aromatic carbocycles. The van der Waals surface area contributed by atoms with Crippen LogP contribution in [0.1, 0.15) is 24.0 Å². The summed E-state index contributed by atoms with van der Waals surface area (Å²) in [6.45, 7) is 7.73. The molecule has 3 fully saturated rings. The number of rotatable bonds is 4. The van der Waals surface area contributed by atoms with Crippen molar-refractivity contribution in [2.24, 2.45) is 4.99 Å². The van der Waals surface area contributed by atoms with Gasteiger partial charge in [-0.1, -0.05) is 6.07 Å². The third-order valence-corrected chi connectivity index (χ3v) is 7.53. The van der Waals surface area contributed by atoms with E-state index in [4.69, 9.17) is 9.73 Å². The predicted octanol–water partition coefficient (Wildman–Crippen LogP) is 4.67. The second-order valence-electron chi connectivity index (χ2n) is 8.72. The van der Waals surface area contributed by atoms with Crippen LogP contribution in [0.2, 0.25) is 0 Å². The minimum Gasteiger partial charge on any atom is -0.378 e. The zero-order valence-electron chi connectivity index (χ0n) is 19.3. The molecule has 0 bridgehead atoms. The van der Waals surface area contributed by atoms with E-state index in [1.807, 2.05) is 18.2 Å². The van der Waals surface area contributed by atoms with E-state index in [9.17, 15) is 4.79 Å². The zero-order valence-corrected chi connectivity index (χ0v) is 20.1. The van der Waals surface area contributed by atoms with Gasteiger partial charge in [0.2, 0.25) is 0 Å². The van der Waals surface area contributed by atoms with Crippen molar-refractivity contribution in [2.75, 3.05) is 56.2 Å². The number of likely N-dealkylation sites (N-methyl/N-ethyl adjacent to an activating group) is 1. The summed E-state index contributed by atoms with van der Waals surface area (Å²) in [6.07, 6.45) is 4.53. The largest absolute Gasteiger partial charge is 0.378 e. The van der Waals surface area contributed by atoms with Gasteiger partial charge < -0.3 is 14.5 Å². The molecule has 0 spiro atoms. The number of hydrogen-bond donors (Lipinski definition) is 0. The van der Waals surface area contributed by atoms with Crippen LogP contribution in [0.15, 0.2) is 52.4 Å². The highest BCUT2D eigenvalue weighted by Gasteiger charge is 2.30. The number of benzene rings is 2. The number of aryl methyl sites for hydroxylation is 1. The summed E-state index contributed by atoms with van der Waals surface area (Å²) in [7, 11) is 1.79. The fraction of sp³-hybridized carbons (Fsp3) is 0.385. The monoisotopic (exact) mass is 462 g/mol. The van der Waals surface area contributed by atoms with Crippen LogP contribution >= 0.6 is 11.8 Å². The molecule has 0 aliphatic carbocycles. The maximum absolute atomic E-state index is 12.9. The molecule has 3 aliphatic rings. The number of anilines is 2. The fourth-order valence-corrected chi connectivity index (χ4v) is 5.43. The molecule has 172 valence electrons. The Morgan fingerprint density at radius 1 is 0.939 bits per heavy atom. The summed E-state index contributed by atoms with van der Waals surface area (Å²) in [4.78, 5) is 24.7. The lowest BCUT2D eigenvalue weighted by atomic mass is 10.1. The van der Waals surface area contributed by atoms with E-state index in [2.05, 4.69) is 47.1 Å². The van der Waals surface area contributed by atoms with Crippen LogP contribution in [-0.2, 0) is 9.53 Å². The molecular formula is C26H30N4O2S. The van der Waals surface area contributed by atoms with E-state index >= 15 is 0 Å². The van der Waals surface area contributed by atoms with Gasteiger partial charge in [-0.15, -0.1) is 0 Å². The van der Waals surface area contributed by atoms with E-state index in [1.54, 1.807) is 11.9 Å². The molecule has 0 saturated carbocycles. The Morgan fingerprint density at radius 2 is 1.61 bits per heavy atom. The molecule has 2 aromatic rings. The van der Waals surface area contributed by atoms with Crippen molar-refractivity contribution >= 4 is 46.0 Å². The van der Waals surface area contributed by atoms with E-state index in [0.717, 1.165) is 50.6 Å². The Balaban J connectivity index is 1.32. The minimum atomic E-state index is -0.00768. The van der Waals surface area contributed by atoms with Crippen molar-refractivity contribution in [3.8, 4) is 0 Å². The van der Waals surface area contributed by atoms with Gasteiger partial charge in [0.1, 0.15) is 0 Å². The summed E-state index contributed by atoms with van der Waals surface area (Å²) >= 11 is 1.44. The molecule has 0 atom stereocenters. The number of aliphatic imine (C=N–C) groups is 1. The van der Waals surface area contributed by atoms with Crippen molar-refractivity contribution in [3.63, 3.8) is 0 Å². The van der Waals surface area contributed by atoms with Crippen LogP contribution < -0.4 is 9.80 Å². The molecule has 3 aliphatic heterocycles. The average Bonchev–Trinajstić information content (AvgIpc) is 3.47. The summed E-state index contributed by atoms with van der Waals surface area (Å²) in [5.41, 5.74) is 5.57. The number of morpholine rings is 1. The second-order valence-corrected chi connectivity index (χ2v) is 9.73. The first-order chi connectivity index (χ1) is 16.1. The van der Waals surface area contributed by atoms with Gasteiger partial charge in [0.15, 0.2) is 5.17 Å². The standard InChI is InChI=1S/C26H30N4O2S/c1-19-17-23(29-11-3-4-12-29)8-5-20(19)18-24-25(31)28(2)26(33-24)27-21-6-9-22(10-7-21)30-13-15-32-16-14-30/h5-10,17-18H,3-4,11-16H2,1-2H3/b24-18-,27-26?. The first-order valence-corrected chi connectivity index (χ1v) is 12.4. The van der Waals surface area contributed by atoms with E-state index < -0.39 is 0 Å². The minimum absolute atomic E-state index is 0.00768. The van der Waals surface area contributed by atoms with E-state index in [1.165, 1.54) is 41.5 Å². The molecule has 1 amide bonds. The molecule has 3 heterocycles. The first-order valence-electron chi connectivity index (χ1n) is 11.6. The Kier molecular flexibility index (Phi) is 6.42. The highest BCUT2D eigenvalue weighted by Crippen LogP contribution is 2.34. The number of amidine groups is 1. The molecule has 7 heteroatoms. The Hall–Kier alpha value is -2.77. The zero-order chi connectivity index (χ0) is 22.8. The smallest absolute Gasteiger partial charge is 0.266 e. The first kappa shape index (κ1) is 22.0. The van der Waals surface area contributed by atoms with E-state index in [0.29, 0.717) is 10.1 Å². The predicted molar refractivity (Wildman–Crippen MR) is 138 cm³/mol. The van der Waals surface area contributed by atoms with Gasteiger partial charge in [0.25, 0.3) is 5.91 Å². The van der Waals surface area contributed by atoms with Gasteiger partial charge >= 0.3 is 0 Å². The van der Waals surface area contributed by atoms with Gasteiger partial charge in [0.05, 0.1) is 23.8 Å². The fourth-order valence-electron chi connectivity index (χ4n) is 4.46. The lowest BCUT2D eigenvalue weighted by molar-refractivity contribution is -0.121. The normalized spacial score (nSPS) is 21.6. The lowest BCUT2D eigenvalue weighted by Crippen LogP contribution is -2.36. The van der Waals surface area contributed by atoms with Gasteiger partial charge in [-0.25, -0.2) is 4.99 Å². The third kappa shape index (κ3) is 4.80. The van der Waals surface area contributed by atoms with Gasteiger partial charge in [-0.05, 0) is 85.1 Å². The quantitative estimate of drug-likeness (QED) is 0.618. The van der Waals surface area contributed by atoms with Gasteiger partial charge in [0, 0.05) is 44.6 Å². The SMILES string of the molecule is Cc1cc(N2CCCC2)ccc1/C=C1\SC(=Nc2ccc(N3CCOCC3)cc2)N(C)C1=O. The lowest BCUT2D eigenvalue weighted by Gasteiger charge is -2.28. The molecule has 0 unspecified atom stereocenters. The number of hydrogen-bond acceptors (Lipinski definition) is 6. The van der Waals surface area contributed by atoms with Gasteiger partial charge in [-0.2, -0.15) is 0 Å². The van der Waals surface area contributed by atoms with Crippen molar-refractivity contribution in [3.05, 3.63) is 58.5 Å². The molecule has 0 aromatic heterocycles. The number of ether oxygens (including phenoxy) is 1. The summed E-state index contributed by atoms with van der Waals surface area (Å²) in [6, 6.07) is 14.7. The summed E-state index contributed by atoms with van der Waals surface area (Å²) in [5.74, 6) is -0.00768. The van der Waals surface area contributed by atoms with Crippen LogP contribution in [0.25, 0.3) is 6.08 Å². The highest BCUT2D eigenvalue weighted by atomic mass is 32.2. The Morgan fingerprint density at radius 3 is 2.30 bits per heavy atom. The van der Waals surface area contributed by atoms with Crippen LogP contribution in [0.3, 0.4) is 0 Å². The molecular weight excluding hydrogens is 432 g/mol. The Bertz CT molecular complexity index is 1080. The average molecular weight is 463 g/mol. The molecule has 33 heavy (non-hydrogen) atoms. The van der Waals surface area contributed by atoms with Crippen LogP contribution in [0.5, 0.6) is 0 Å². The maximum Gasteiger partial charge on any atom is 0.266 e. The molecule has 3 saturated heterocycles. The van der Waals surface area contributed by atoms with Crippen LogP contribution in [-0.4, -0.2) is 62.4 Å². The number of nitrogens with zero attached hydrogens (tertiary/aromatic N) is 4. The Labute approximate surface area is 199 Å². The van der Waals surface area contributed by atoms with Crippen molar-refractivity contribution in [1.29, 1.82) is 0 Å². The molecule has 6 nitrogen and oxygen atoms in total. The topological polar surface area (TPSA) is 48.4 Å². The number of amides is 1. The molecule has 5 rings (SSSR count). The third-order valence-electron chi connectivity index (χ3n) is 6.47. The highest BCUT2D eigenvalue weighted by molar-refractivity contribution is 8.18. The van der Waals surface area contributed by atoms with Crippen molar-refractivity contribution < 1.29 is 9.53 Å². The maximum atomic E-state index is 12.9. The van der Waals surface area contributed by atoms with Crippen LogP contribution in [0.4, 0.5) is 17.1 Å². The van der Waals surface area contributed by atoms with Crippen molar-refractivity contribution in [1.82, 2.24) is 4.90 Å². The number of carbonyl (C=O) groups excluding carboxylic acids is 1. The number of thioether (sulfide) groups is 1. The molecule has 0 radical (unpaired) electrons.